The van der Waals surface area contributed by atoms with Crippen LogP contribution in [0.25, 0.3) is 0 Å². The number of allylic oxidation sites excluding steroid dienone is 2. The first-order valence-electron chi connectivity index (χ1n) is 4.81. The van der Waals surface area contributed by atoms with Gasteiger partial charge in [-0.05, 0) is 12.2 Å². The van der Waals surface area contributed by atoms with Gasteiger partial charge >= 0.3 is 6.03 Å². The monoisotopic (exact) mass is 227 g/mol. The Morgan fingerprint density at radius 3 is 3.20 bits per heavy atom. The lowest BCUT2D eigenvalue weighted by Crippen LogP contribution is -2.38. The first-order valence-corrected chi connectivity index (χ1v) is 5.86. The van der Waals surface area contributed by atoms with Crippen molar-refractivity contribution in [3.05, 3.63) is 11.8 Å². The van der Waals surface area contributed by atoms with E-state index >= 15 is 0 Å². The smallest absolute Gasteiger partial charge is 0.316 e. The van der Waals surface area contributed by atoms with Crippen LogP contribution >= 0.6 is 11.8 Å². The van der Waals surface area contributed by atoms with Crippen molar-refractivity contribution < 1.29 is 10.0 Å². The maximum absolute atomic E-state index is 10.8. The highest BCUT2D eigenvalue weighted by Gasteiger charge is 2.37. The van der Waals surface area contributed by atoms with Crippen molar-refractivity contribution in [2.24, 2.45) is 16.8 Å². The van der Waals surface area contributed by atoms with Crippen molar-refractivity contribution >= 4 is 23.5 Å². The summed E-state index contributed by atoms with van der Waals surface area (Å²) in [5, 5.41) is 15.0. The molecule has 2 aliphatic rings. The zero-order valence-electron chi connectivity index (χ0n) is 8.14. The number of primary amides is 1. The average molecular weight is 227 g/mol. The Morgan fingerprint density at radius 1 is 1.73 bits per heavy atom. The SMILES string of the molecule is NC(=O)NC1=CCC(=NO)C2SCCC12. The molecule has 1 saturated heterocycles. The zero-order chi connectivity index (χ0) is 10.8. The van der Waals surface area contributed by atoms with Crippen molar-refractivity contribution in [2.45, 2.75) is 18.1 Å². The second kappa shape index (κ2) is 4.14. The maximum atomic E-state index is 10.8. The predicted octanol–water partition coefficient (Wildman–Crippen LogP) is 0.894. The largest absolute Gasteiger partial charge is 0.411 e. The lowest BCUT2D eigenvalue weighted by molar-refractivity contribution is 0.250. The molecule has 2 atom stereocenters. The van der Waals surface area contributed by atoms with E-state index in [-0.39, 0.29) is 11.2 Å². The van der Waals surface area contributed by atoms with Crippen molar-refractivity contribution in [1.29, 1.82) is 0 Å². The minimum atomic E-state index is -0.527. The topological polar surface area (TPSA) is 87.7 Å². The number of carbonyl (C=O) groups is 1. The van der Waals surface area contributed by atoms with E-state index in [4.69, 9.17) is 10.9 Å². The molecular formula is C9H13N3O2S. The summed E-state index contributed by atoms with van der Waals surface area (Å²) in [5.41, 5.74) is 6.76. The van der Waals surface area contributed by atoms with Gasteiger partial charge in [0.2, 0.25) is 0 Å². The van der Waals surface area contributed by atoms with E-state index < -0.39 is 6.03 Å². The second-order valence-electron chi connectivity index (χ2n) is 3.63. The van der Waals surface area contributed by atoms with Gasteiger partial charge in [-0.2, -0.15) is 11.8 Å². The molecule has 82 valence electrons. The molecule has 0 aromatic heterocycles. The van der Waals surface area contributed by atoms with E-state index in [1.807, 2.05) is 6.08 Å². The molecule has 0 spiro atoms. The molecule has 1 aliphatic heterocycles. The number of nitrogens with zero attached hydrogens (tertiary/aromatic N) is 1. The molecule has 1 aliphatic carbocycles. The van der Waals surface area contributed by atoms with Crippen LogP contribution < -0.4 is 11.1 Å². The minimum absolute atomic E-state index is 0.196. The first kappa shape index (κ1) is 10.4. The van der Waals surface area contributed by atoms with E-state index in [1.165, 1.54) is 0 Å². The van der Waals surface area contributed by atoms with Gasteiger partial charge in [0.05, 0.1) is 11.0 Å². The number of nitrogens with one attached hydrogen (secondary N) is 1. The molecular weight excluding hydrogens is 214 g/mol. The Balaban J connectivity index is 2.20. The third-order valence-electron chi connectivity index (χ3n) is 2.75. The lowest BCUT2D eigenvalue weighted by Gasteiger charge is -2.26. The molecule has 0 aromatic rings. The highest BCUT2D eigenvalue weighted by Crippen LogP contribution is 2.40. The summed E-state index contributed by atoms with van der Waals surface area (Å²) in [4.78, 5) is 10.8. The van der Waals surface area contributed by atoms with Crippen molar-refractivity contribution in [1.82, 2.24) is 5.32 Å². The number of hydrogen-bond donors (Lipinski definition) is 3. The number of fused-ring (bicyclic) bond motifs is 1. The summed E-state index contributed by atoms with van der Waals surface area (Å²) in [5.74, 6) is 1.26. The number of oxime groups is 1. The van der Waals surface area contributed by atoms with E-state index in [0.29, 0.717) is 6.42 Å². The Morgan fingerprint density at radius 2 is 2.53 bits per heavy atom. The Labute approximate surface area is 91.8 Å². The summed E-state index contributed by atoms with van der Waals surface area (Å²) in [6.07, 6.45) is 3.45. The van der Waals surface area contributed by atoms with E-state index in [0.717, 1.165) is 23.6 Å². The first-order chi connectivity index (χ1) is 7.22. The second-order valence-corrected chi connectivity index (χ2v) is 4.88. The van der Waals surface area contributed by atoms with Gasteiger partial charge in [-0.25, -0.2) is 4.79 Å². The van der Waals surface area contributed by atoms with Gasteiger partial charge in [0, 0.05) is 18.0 Å². The maximum Gasteiger partial charge on any atom is 0.316 e. The quantitative estimate of drug-likeness (QED) is 0.459. The van der Waals surface area contributed by atoms with Crippen LogP contribution in [-0.2, 0) is 0 Å². The molecule has 0 saturated carbocycles. The number of carbonyl (C=O) groups excluding carboxylic acids is 1. The Bertz CT molecular complexity index is 340. The fourth-order valence-electron chi connectivity index (χ4n) is 2.10. The third-order valence-corrected chi connectivity index (χ3v) is 4.18. The van der Waals surface area contributed by atoms with Crippen LogP contribution in [-0.4, -0.2) is 28.0 Å². The summed E-state index contributed by atoms with van der Waals surface area (Å²) < 4.78 is 0. The fraction of sp³-hybridized carbons (Fsp3) is 0.556. The third kappa shape index (κ3) is 1.94. The molecule has 2 amide bonds. The van der Waals surface area contributed by atoms with Gasteiger partial charge < -0.3 is 16.3 Å². The van der Waals surface area contributed by atoms with Gasteiger partial charge in [-0.15, -0.1) is 0 Å². The van der Waals surface area contributed by atoms with E-state index in [9.17, 15) is 4.79 Å². The summed E-state index contributed by atoms with van der Waals surface area (Å²) in [7, 11) is 0. The molecule has 2 unspecified atom stereocenters. The predicted molar refractivity (Wildman–Crippen MR) is 59.0 cm³/mol. The van der Waals surface area contributed by atoms with Crippen LogP contribution in [0.1, 0.15) is 12.8 Å². The van der Waals surface area contributed by atoms with Gasteiger partial charge in [-0.3, -0.25) is 0 Å². The number of thioether (sulfide) groups is 1. The van der Waals surface area contributed by atoms with E-state index in [2.05, 4.69) is 10.5 Å². The van der Waals surface area contributed by atoms with Crippen LogP contribution in [0.4, 0.5) is 4.79 Å². The summed E-state index contributed by atoms with van der Waals surface area (Å²) in [6.45, 7) is 0. The molecule has 15 heavy (non-hydrogen) atoms. The van der Waals surface area contributed by atoms with Gasteiger partial charge in [-0.1, -0.05) is 11.2 Å². The lowest BCUT2D eigenvalue weighted by atomic mass is 9.88. The molecule has 2 rings (SSSR count). The standard InChI is InChI=1S/C9H13N3O2S/c10-9(13)11-6-1-2-7(12-14)8-5(6)3-4-15-8/h1,5,8,14H,2-4H2,(H3,10,11,13). The van der Waals surface area contributed by atoms with Crippen LogP contribution in [0.2, 0.25) is 0 Å². The number of urea groups is 1. The molecule has 6 heteroatoms. The van der Waals surface area contributed by atoms with Crippen LogP contribution in [0.5, 0.6) is 0 Å². The average Bonchev–Trinajstić information content (AvgIpc) is 2.66. The normalized spacial score (nSPS) is 32.3. The van der Waals surface area contributed by atoms with E-state index in [1.54, 1.807) is 11.8 Å². The van der Waals surface area contributed by atoms with Crippen LogP contribution in [0.3, 0.4) is 0 Å². The van der Waals surface area contributed by atoms with Gasteiger partial charge in [0.15, 0.2) is 0 Å². The molecule has 1 fully saturated rings. The Hall–Kier alpha value is -1.17. The molecule has 0 radical (unpaired) electrons. The highest BCUT2D eigenvalue weighted by atomic mass is 32.2. The molecule has 0 bridgehead atoms. The van der Waals surface area contributed by atoms with Gasteiger partial charge in [0.25, 0.3) is 0 Å². The highest BCUT2D eigenvalue weighted by molar-refractivity contribution is 8.00. The molecule has 1 heterocycles. The van der Waals surface area contributed by atoms with Crippen LogP contribution in [0, 0.1) is 5.92 Å². The zero-order valence-corrected chi connectivity index (χ0v) is 8.96. The van der Waals surface area contributed by atoms with Crippen molar-refractivity contribution in [3.63, 3.8) is 0 Å². The molecule has 4 N–H and O–H groups in total. The number of amides is 2. The summed E-state index contributed by atoms with van der Waals surface area (Å²) in [6, 6.07) is -0.527. The number of nitrogens with two attached hydrogens (primary N) is 1. The summed E-state index contributed by atoms with van der Waals surface area (Å²) >= 11 is 1.77. The number of rotatable bonds is 1. The number of hydrogen-bond acceptors (Lipinski definition) is 4. The minimum Gasteiger partial charge on any atom is -0.411 e. The van der Waals surface area contributed by atoms with Crippen LogP contribution in [0.15, 0.2) is 16.9 Å². The van der Waals surface area contributed by atoms with Crippen molar-refractivity contribution in [3.8, 4) is 0 Å². The Kier molecular flexibility index (Phi) is 2.86. The molecule has 5 nitrogen and oxygen atoms in total. The van der Waals surface area contributed by atoms with Crippen molar-refractivity contribution in [2.75, 3.05) is 5.75 Å². The van der Waals surface area contributed by atoms with Gasteiger partial charge in [0.1, 0.15) is 0 Å². The fourth-order valence-corrected chi connectivity index (χ4v) is 3.60. The molecule has 0 aromatic carbocycles.